The van der Waals surface area contributed by atoms with Crippen LogP contribution in [-0.2, 0) is 0 Å². The Morgan fingerprint density at radius 3 is 2.33 bits per heavy atom. The zero-order valence-electron chi connectivity index (χ0n) is 9.97. The van der Waals surface area contributed by atoms with Crippen molar-refractivity contribution in [3.8, 4) is 0 Å². The van der Waals surface area contributed by atoms with Gasteiger partial charge in [0.25, 0.3) is 0 Å². The van der Waals surface area contributed by atoms with Crippen LogP contribution in [0.1, 0.15) is 0 Å². The molecule has 0 aliphatic rings. The van der Waals surface area contributed by atoms with Gasteiger partial charge < -0.3 is 0 Å². The van der Waals surface area contributed by atoms with Gasteiger partial charge in [-0.3, -0.25) is 4.99 Å². The fraction of sp³-hybridized carbons (Fsp3) is 0.364. The van der Waals surface area contributed by atoms with Gasteiger partial charge in [-0.2, -0.15) is 26.3 Å². The van der Waals surface area contributed by atoms with E-state index in [-0.39, 0.29) is 15.6 Å². The maximum atomic E-state index is 12.2. The summed E-state index contributed by atoms with van der Waals surface area (Å²) in [5, 5.41) is -2.22. The van der Waals surface area contributed by atoms with Crippen LogP contribution >= 0.6 is 35.0 Å². The van der Waals surface area contributed by atoms with E-state index in [0.29, 0.717) is 18.0 Å². The highest BCUT2D eigenvalue weighted by Crippen LogP contribution is 2.34. The first-order valence-corrected chi connectivity index (χ1v) is 7.03. The van der Waals surface area contributed by atoms with Crippen molar-refractivity contribution in [3.63, 3.8) is 0 Å². The summed E-state index contributed by atoms with van der Waals surface area (Å²) in [4.78, 5) is 3.56. The molecule has 21 heavy (non-hydrogen) atoms. The molecule has 1 aromatic carbocycles. The highest BCUT2D eigenvalue weighted by molar-refractivity contribution is 7.99. The molecular formula is C11H7Cl2F6NS. The van der Waals surface area contributed by atoms with Crippen molar-refractivity contribution in [2.45, 2.75) is 22.6 Å². The van der Waals surface area contributed by atoms with Gasteiger partial charge in [0.2, 0.25) is 0 Å². The second-order valence-electron chi connectivity index (χ2n) is 3.74. The van der Waals surface area contributed by atoms with E-state index in [2.05, 4.69) is 4.99 Å². The molecule has 1 unspecified atom stereocenters. The first kappa shape index (κ1) is 18.4. The lowest BCUT2D eigenvalue weighted by Crippen LogP contribution is -2.24. The number of hydrogen-bond acceptors (Lipinski definition) is 2. The average molecular weight is 370 g/mol. The van der Waals surface area contributed by atoms with Gasteiger partial charge in [0, 0.05) is 11.1 Å². The number of benzene rings is 1. The number of hydrogen-bond donors (Lipinski definition) is 0. The maximum absolute atomic E-state index is 12.2. The molecule has 0 aliphatic carbocycles. The van der Waals surface area contributed by atoms with E-state index in [0.717, 1.165) is 6.07 Å². The van der Waals surface area contributed by atoms with Gasteiger partial charge in [0.15, 0.2) is 5.38 Å². The molecule has 118 valence electrons. The molecule has 1 nitrogen and oxygen atoms in total. The van der Waals surface area contributed by atoms with Gasteiger partial charge in [0.1, 0.15) is 0 Å². The Hall–Kier alpha value is -0.600. The molecule has 0 N–H and O–H groups in total. The highest BCUT2D eigenvalue weighted by atomic mass is 35.5. The zero-order chi connectivity index (χ0) is 16.3. The van der Waals surface area contributed by atoms with Crippen LogP contribution in [-0.4, -0.2) is 29.7 Å². The second-order valence-corrected chi connectivity index (χ2v) is 5.63. The van der Waals surface area contributed by atoms with E-state index in [9.17, 15) is 26.3 Å². The summed E-state index contributed by atoms with van der Waals surface area (Å²) in [6, 6.07) is 3.69. The summed E-state index contributed by atoms with van der Waals surface area (Å²) in [5.74, 6) is -1.17. The molecule has 0 bridgehead atoms. The fourth-order valence-electron chi connectivity index (χ4n) is 1.08. The number of rotatable bonds is 4. The summed E-state index contributed by atoms with van der Waals surface area (Å²) in [5.41, 5.74) is 0.0268. The van der Waals surface area contributed by atoms with Gasteiger partial charge in [-0.15, -0.1) is 23.4 Å². The molecule has 0 heterocycles. The number of thioether (sulfide) groups is 1. The van der Waals surface area contributed by atoms with Crippen LogP contribution < -0.4 is 0 Å². The lowest BCUT2D eigenvalue weighted by molar-refractivity contribution is -0.117. The quantitative estimate of drug-likeness (QED) is 0.280. The first-order chi connectivity index (χ1) is 9.49. The third-order valence-electron chi connectivity index (χ3n) is 1.97. The monoisotopic (exact) mass is 369 g/mol. The summed E-state index contributed by atoms with van der Waals surface area (Å²) >= 11 is 11.2. The molecule has 0 aliphatic heterocycles. The minimum atomic E-state index is -4.65. The Bertz CT molecular complexity index is 514. The molecular weight excluding hydrogens is 363 g/mol. The molecule has 0 aromatic heterocycles. The minimum Gasteiger partial charge on any atom is -0.259 e. The Morgan fingerprint density at radius 2 is 1.81 bits per heavy atom. The van der Waals surface area contributed by atoms with Crippen molar-refractivity contribution in [2.75, 3.05) is 5.75 Å². The third kappa shape index (κ3) is 6.80. The number of halogens is 8. The van der Waals surface area contributed by atoms with Crippen LogP contribution in [0.15, 0.2) is 28.1 Å². The Morgan fingerprint density at radius 1 is 1.19 bits per heavy atom. The van der Waals surface area contributed by atoms with Crippen molar-refractivity contribution in [1.29, 1.82) is 0 Å². The molecule has 0 fully saturated rings. The number of aliphatic imine (C=N–C) groups is 1. The second kappa shape index (κ2) is 7.11. The fourth-order valence-corrected chi connectivity index (χ4v) is 2.15. The predicted octanol–water partition coefficient (Wildman–Crippen LogP) is 5.87. The molecule has 0 saturated heterocycles. The number of alkyl halides is 7. The van der Waals surface area contributed by atoms with Crippen LogP contribution in [0.3, 0.4) is 0 Å². The molecule has 1 atom stereocenters. The Kier molecular flexibility index (Phi) is 6.24. The van der Waals surface area contributed by atoms with E-state index < -0.39 is 23.5 Å². The van der Waals surface area contributed by atoms with Crippen LogP contribution in [0.5, 0.6) is 0 Å². The van der Waals surface area contributed by atoms with Crippen LogP contribution in [0.25, 0.3) is 0 Å². The van der Waals surface area contributed by atoms with E-state index in [1.807, 2.05) is 0 Å². The van der Waals surface area contributed by atoms with Crippen molar-refractivity contribution < 1.29 is 26.3 Å². The van der Waals surface area contributed by atoms with Gasteiger partial charge >= 0.3 is 12.4 Å². The van der Waals surface area contributed by atoms with Gasteiger partial charge in [-0.05, 0) is 18.2 Å². The normalized spacial score (nSPS) is 14.7. The Labute approximate surface area is 130 Å². The lowest BCUT2D eigenvalue weighted by Gasteiger charge is -2.09. The number of nitrogens with zero attached hydrogens (tertiary/aromatic N) is 1. The smallest absolute Gasteiger partial charge is 0.259 e. The largest absolute Gasteiger partial charge is 0.409 e. The average Bonchev–Trinajstić information content (AvgIpc) is 2.33. The molecule has 0 saturated carbocycles. The zero-order valence-corrected chi connectivity index (χ0v) is 12.3. The maximum Gasteiger partial charge on any atom is 0.409 e. The SMILES string of the molecule is FC(F)(F)CSc1cc(/N=C/C(Cl)C(F)(F)F)ccc1Cl. The summed E-state index contributed by atoms with van der Waals surface area (Å²) < 4.78 is 72.9. The van der Waals surface area contributed by atoms with E-state index >= 15 is 0 Å². The third-order valence-corrected chi connectivity index (χ3v) is 3.90. The first-order valence-electron chi connectivity index (χ1n) is 5.23. The van der Waals surface area contributed by atoms with Crippen molar-refractivity contribution in [2.24, 2.45) is 4.99 Å². The highest BCUT2D eigenvalue weighted by Gasteiger charge is 2.36. The Balaban J connectivity index is 2.84. The van der Waals surface area contributed by atoms with Gasteiger partial charge in [-0.1, -0.05) is 11.6 Å². The molecule has 0 spiro atoms. The van der Waals surface area contributed by atoms with E-state index in [1.54, 1.807) is 0 Å². The van der Waals surface area contributed by atoms with Gasteiger partial charge in [-0.25, -0.2) is 0 Å². The van der Waals surface area contributed by atoms with E-state index in [4.69, 9.17) is 23.2 Å². The van der Waals surface area contributed by atoms with Crippen molar-refractivity contribution >= 4 is 46.9 Å². The summed E-state index contributed by atoms with van der Waals surface area (Å²) in [6.45, 7) is 0. The van der Waals surface area contributed by atoms with Crippen LogP contribution in [0, 0.1) is 0 Å². The lowest BCUT2D eigenvalue weighted by atomic mass is 10.3. The van der Waals surface area contributed by atoms with Crippen LogP contribution in [0.2, 0.25) is 5.02 Å². The summed E-state index contributed by atoms with van der Waals surface area (Å²) in [7, 11) is 0. The molecule has 0 radical (unpaired) electrons. The molecule has 1 aromatic rings. The molecule has 0 amide bonds. The van der Waals surface area contributed by atoms with Crippen molar-refractivity contribution in [3.05, 3.63) is 23.2 Å². The molecule has 1 rings (SSSR count). The predicted molar refractivity (Wildman–Crippen MR) is 72.1 cm³/mol. The summed E-state index contributed by atoms with van der Waals surface area (Å²) in [6.07, 6.45) is -8.57. The van der Waals surface area contributed by atoms with E-state index in [1.165, 1.54) is 12.1 Å². The van der Waals surface area contributed by atoms with Gasteiger partial charge in [0.05, 0.1) is 16.5 Å². The van der Waals surface area contributed by atoms with Crippen LogP contribution in [0.4, 0.5) is 32.0 Å². The topological polar surface area (TPSA) is 12.4 Å². The standard InChI is InChI=1S/C11H7Cl2F6NS/c12-7-2-1-6(20-4-9(13)11(17,18)19)3-8(7)21-5-10(14,15)16/h1-4,9H,5H2/b20-4+. The molecule has 10 heteroatoms. The van der Waals surface area contributed by atoms with Crippen molar-refractivity contribution in [1.82, 2.24) is 0 Å². The minimum absolute atomic E-state index is 0.0268.